The number of nitrogens with one attached hydrogen (secondary N) is 2. The van der Waals surface area contributed by atoms with E-state index in [9.17, 15) is 9.18 Å². The summed E-state index contributed by atoms with van der Waals surface area (Å²) in [6, 6.07) is 12.7. The van der Waals surface area contributed by atoms with Crippen LogP contribution in [-0.4, -0.2) is 11.0 Å². The van der Waals surface area contributed by atoms with E-state index < -0.39 is 0 Å². The van der Waals surface area contributed by atoms with Crippen LogP contribution in [0.5, 0.6) is 0 Å². The van der Waals surface area contributed by atoms with E-state index in [-0.39, 0.29) is 16.8 Å². The maximum absolute atomic E-state index is 12.8. The average molecular weight is 335 g/mol. The van der Waals surface area contributed by atoms with Gasteiger partial charge in [0, 0.05) is 16.8 Å². The van der Waals surface area contributed by atoms with Gasteiger partial charge in [0.05, 0.1) is 0 Å². The number of carbonyl (C=O) groups is 1. The third-order valence-corrected chi connectivity index (χ3v) is 3.09. The fraction of sp³-hybridized carbons (Fsp3) is 0. The van der Waals surface area contributed by atoms with E-state index in [1.54, 1.807) is 42.5 Å². The number of thiocarbonyl (C=S) groups is 1. The van der Waals surface area contributed by atoms with Gasteiger partial charge < -0.3 is 5.32 Å². The van der Waals surface area contributed by atoms with Crippen molar-refractivity contribution in [3.05, 3.63) is 71.0 Å². The van der Waals surface area contributed by atoms with E-state index in [1.165, 1.54) is 18.2 Å². The van der Waals surface area contributed by atoms with Gasteiger partial charge in [0.25, 0.3) is 0 Å². The summed E-state index contributed by atoms with van der Waals surface area (Å²) in [5.41, 5.74) is 1.44. The Morgan fingerprint density at radius 1 is 1.09 bits per heavy atom. The summed E-state index contributed by atoms with van der Waals surface area (Å²) in [6.07, 6.45) is 2.89. The number of halogens is 2. The molecule has 0 bridgehead atoms. The predicted molar refractivity (Wildman–Crippen MR) is 91.2 cm³/mol. The summed E-state index contributed by atoms with van der Waals surface area (Å²) in [4.78, 5) is 11.7. The Hall–Kier alpha value is -2.24. The molecule has 22 heavy (non-hydrogen) atoms. The van der Waals surface area contributed by atoms with Crippen molar-refractivity contribution in [2.45, 2.75) is 0 Å². The molecule has 0 heterocycles. The fourth-order valence-corrected chi connectivity index (χ4v) is 1.94. The molecule has 112 valence electrons. The first-order valence-corrected chi connectivity index (χ1v) is 7.13. The van der Waals surface area contributed by atoms with Crippen LogP contribution < -0.4 is 10.6 Å². The van der Waals surface area contributed by atoms with Crippen LogP contribution in [0.1, 0.15) is 5.56 Å². The van der Waals surface area contributed by atoms with Crippen LogP contribution in [0.15, 0.2) is 54.6 Å². The fourth-order valence-electron chi connectivity index (χ4n) is 1.59. The molecule has 2 aromatic carbocycles. The van der Waals surface area contributed by atoms with Crippen molar-refractivity contribution in [2.24, 2.45) is 0 Å². The SMILES string of the molecule is O=C(C=Cc1ccc(F)cc1)NC(=S)Nc1ccc(Cl)cc1. The standard InChI is InChI=1S/C16H12ClFN2OS/c17-12-4-8-14(9-5-12)19-16(22)20-15(21)10-3-11-1-6-13(18)7-2-11/h1-10H,(H2,19,20,21,22). The molecule has 0 radical (unpaired) electrons. The van der Waals surface area contributed by atoms with Crippen LogP contribution in [0, 0.1) is 5.82 Å². The van der Waals surface area contributed by atoms with Gasteiger partial charge in [0.15, 0.2) is 5.11 Å². The maximum Gasteiger partial charge on any atom is 0.250 e. The lowest BCUT2D eigenvalue weighted by molar-refractivity contribution is -0.115. The second-order valence-electron chi connectivity index (χ2n) is 4.34. The second kappa shape index (κ2) is 7.68. The van der Waals surface area contributed by atoms with Gasteiger partial charge in [-0.15, -0.1) is 0 Å². The molecule has 0 fully saturated rings. The highest BCUT2D eigenvalue weighted by atomic mass is 35.5. The monoisotopic (exact) mass is 334 g/mol. The number of anilines is 1. The summed E-state index contributed by atoms with van der Waals surface area (Å²) >= 11 is 10.8. The number of carbonyl (C=O) groups excluding carboxylic acids is 1. The van der Waals surface area contributed by atoms with Gasteiger partial charge in [-0.2, -0.15) is 0 Å². The first-order chi connectivity index (χ1) is 10.5. The highest BCUT2D eigenvalue weighted by Gasteiger charge is 2.01. The van der Waals surface area contributed by atoms with Crippen molar-refractivity contribution >= 4 is 46.6 Å². The molecule has 0 aliphatic rings. The normalized spacial score (nSPS) is 10.5. The topological polar surface area (TPSA) is 41.1 Å². The molecule has 0 aromatic heterocycles. The van der Waals surface area contributed by atoms with Crippen LogP contribution in [0.25, 0.3) is 6.08 Å². The van der Waals surface area contributed by atoms with Gasteiger partial charge in [-0.1, -0.05) is 23.7 Å². The van der Waals surface area contributed by atoms with Gasteiger partial charge >= 0.3 is 0 Å². The van der Waals surface area contributed by atoms with E-state index in [0.717, 1.165) is 5.69 Å². The molecule has 0 spiro atoms. The lowest BCUT2D eigenvalue weighted by Crippen LogP contribution is -2.32. The molecule has 0 saturated heterocycles. The number of amides is 1. The number of hydrogen-bond donors (Lipinski definition) is 2. The molecule has 0 saturated carbocycles. The van der Waals surface area contributed by atoms with Gasteiger partial charge in [-0.05, 0) is 60.3 Å². The van der Waals surface area contributed by atoms with E-state index >= 15 is 0 Å². The molecule has 6 heteroatoms. The van der Waals surface area contributed by atoms with Crippen LogP contribution in [-0.2, 0) is 4.79 Å². The average Bonchev–Trinajstić information content (AvgIpc) is 2.49. The van der Waals surface area contributed by atoms with E-state index in [1.807, 2.05) is 0 Å². The third-order valence-electron chi connectivity index (χ3n) is 2.64. The summed E-state index contributed by atoms with van der Waals surface area (Å²) in [7, 11) is 0. The van der Waals surface area contributed by atoms with Crippen molar-refractivity contribution in [3.63, 3.8) is 0 Å². The van der Waals surface area contributed by atoms with Crippen LogP contribution in [0.2, 0.25) is 5.02 Å². The van der Waals surface area contributed by atoms with E-state index in [2.05, 4.69) is 10.6 Å². The van der Waals surface area contributed by atoms with Crippen molar-refractivity contribution in [1.82, 2.24) is 5.32 Å². The minimum atomic E-state index is -0.379. The number of hydrogen-bond acceptors (Lipinski definition) is 2. The minimum absolute atomic E-state index is 0.177. The molecule has 2 rings (SSSR count). The first kappa shape index (κ1) is 16.1. The molecule has 2 aromatic rings. The quantitative estimate of drug-likeness (QED) is 0.658. The Bertz CT molecular complexity index is 699. The highest BCUT2D eigenvalue weighted by molar-refractivity contribution is 7.80. The zero-order valence-electron chi connectivity index (χ0n) is 11.3. The molecule has 0 atom stereocenters. The zero-order valence-corrected chi connectivity index (χ0v) is 12.9. The lowest BCUT2D eigenvalue weighted by Gasteiger charge is -2.07. The first-order valence-electron chi connectivity index (χ1n) is 6.34. The molecule has 0 aliphatic heterocycles. The second-order valence-corrected chi connectivity index (χ2v) is 5.18. The molecular formula is C16H12ClFN2OS. The maximum atomic E-state index is 12.8. The Balaban J connectivity index is 1.87. The molecule has 3 nitrogen and oxygen atoms in total. The summed E-state index contributed by atoms with van der Waals surface area (Å²) in [6.45, 7) is 0. The molecule has 2 N–H and O–H groups in total. The Labute approximate surface area is 137 Å². The highest BCUT2D eigenvalue weighted by Crippen LogP contribution is 2.13. The van der Waals surface area contributed by atoms with E-state index in [4.69, 9.17) is 23.8 Å². The summed E-state index contributed by atoms with van der Waals surface area (Å²) in [5, 5.41) is 6.17. The van der Waals surface area contributed by atoms with Crippen molar-refractivity contribution in [3.8, 4) is 0 Å². The van der Waals surface area contributed by atoms with Gasteiger partial charge in [-0.25, -0.2) is 4.39 Å². The van der Waals surface area contributed by atoms with E-state index in [0.29, 0.717) is 10.6 Å². The molecule has 1 amide bonds. The number of rotatable bonds is 3. The Kier molecular flexibility index (Phi) is 5.63. The van der Waals surface area contributed by atoms with Gasteiger partial charge in [0.1, 0.15) is 5.82 Å². The largest absolute Gasteiger partial charge is 0.332 e. The molecule has 0 aliphatic carbocycles. The van der Waals surface area contributed by atoms with Crippen molar-refractivity contribution < 1.29 is 9.18 Å². The Morgan fingerprint density at radius 3 is 2.36 bits per heavy atom. The third kappa shape index (κ3) is 5.27. The number of benzene rings is 2. The van der Waals surface area contributed by atoms with Gasteiger partial charge in [-0.3, -0.25) is 10.1 Å². The molecular weight excluding hydrogens is 323 g/mol. The zero-order chi connectivity index (χ0) is 15.9. The summed E-state index contributed by atoms with van der Waals surface area (Å²) < 4.78 is 12.8. The predicted octanol–water partition coefficient (Wildman–Crippen LogP) is 4.01. The lowest BCUT2D eigenvalue weighted by atomic mass is 10.2. The van der Waals surface area contributed by atoms with Crippen LogP contribution in [0.4, 0.5) is 10.1 Å². The van der Waals surface area contributed by atoms with Gasteiger partial charge in [0.2, 0.25) is 5.91 Å². The van der Waals surface area contributed by atoms with Crippen LogP contribution in [0.3, 0.4) is 0 Å². The minimum Gasteiger partial charge on any atom is -0.332 e. The molecule has 0 unspecified atom stereocenters. The smallest absolute Gasteiger partial charge is 0.250 e. The van der Waals surface area contributed by atoms with Crippen molar-refractivity contribution in [1.29, 1.82) is 0 Å². The summed E-state index contributed by atoms with van der Waals surface area (Å²) in [5.74, 6) is -0.703. The van der Waals surface area contributed by atoms with Crippen LogP contribution >= 0.6 is 23.8 Å². The Morgan fingerprint density at radius 2 is 1.73 bits per heavy atom. The van der Waals surface area contributed by atoms with Crippen molar-refractivity contribution in [2.75, 3.05) is 5.32 Å².